The fourth-order valence-corrected chi connectivity index (χ4v) is 3.02. The van der Waals surface area contributed by atoms with E-state index in [1.807, 2.05) is 24.3 Å². The van der Waals surface area contributed by atoms with Crippen molar-refractivity contribution in [3.63, 3.8) is 0 Å². The summed E-state index contributed by atoms with van der Waals surface area (Å²) in [5, 5.41) is 16.0. The fraction of sp³-hybridized carbons (Fsp3) is 0.368. The van der Waals surface area contributed by atoms with Crippen molar-refractivity contribution in [2.45, 2.75) is 31.2 Å². The first-order chi connectivity index (χ1) is 13.0. The first-order valence-corrected chi connectivity index (χ1v) is 8.74. The van der Waals surface area contributed by atoms with Crippen molar-refractivity contribution >= 4 is 11.9 Å². The Morgan fingerprint density at radius 1 is 1.30 bits per heavy atom. The molecule has 1 aromatic carbocycles. The van der Waals surface area contributed by atoms with E-state index in [-0.39, 0.29) is 12.6 Å². The molecule has 8 nitrogen and oxygen atoms in total. The third kappa shape index (κ3) is 5.08. The summed E-state index contributed by atoms with van der Waals surface area (Å²) in [6.07, 6.45) is 0.253. The molecule has 0 bridgehead atoms. The van der Waals surface area contributed by atoms with E-state index in [1.165, 1.54) is 0 Å². The SMILES string of the molecule is COc1ccc(C[C@H]2NC[C@H](O)[C@H]2OC(=O)NCc2ccc(N)nc2)cc1. The number of carbonyl (C=O) groups is 1. The van der Waals surface area contributed by atoms with Crippen LogP contribution in [0, 0.1) is 0 Å². The molecule has 0 radical (unpaired) electrons. The molecule has 1 saturated heterocycles. The van der Waals surface area contributed by atoms with Gasteiger partial charge < -0.3 is 30.9 Å². The van der Waals surface area contributed by atoms with Gasteiger partial charge in [-0.1, -0.05) is 18.2 Å². The highest BCUT2D eigenvalue weighted by Crippen LogP contribution is 2.19. The Morgan fingerprint density at radius 2 is 2.04 bits per heavy atom. The zero-order chi connectivity index (χ0) is 19.2. The Hall–Kier alpha value is -2.84. The second-order valence-electron chi connectivity index (χ2n) is 6.45. The quantitative estimate of drug-likeness (QED) is 0.593. The standard InChI is InChI=1S/C19H24N4O4/c1-26-14-5-2-12(3-6-14)8-15-18(16(24)11-21-15)27-19(25)23-10-13-4-7-17(20)22-9-13/h2-7,9,15-16,18,21,24H,8,10-11H2,1H3,(H2,20,22)(H,23,25)/t15-,16+,18+/m1/s1. The van der Waals surface area contributed by atoms with E-state index in [9.17, 15) is 9.90 Å². The van der Waals surface area contributed by atoms with Gasteiger partial charge >= 0.3 is 6.09 Å². The van der Waals surface area contributed by atoms with Gasteiger partial charge in [0.2, 0.25) is 0 Å². The van der Waals surface area contributed by atoms with E-state index in [1.54, 1.807) is 25.4 Å². The number of ether oxygens (including phenoxy) is 2. The number of benzene rings is 1. The molecule has 3 atom stereocenters. The van der Waals surface area contributed by atoms with Gasteiger partial charge in [0.1, 0.15) is 23.8 Å². The lowest BCUT2D eigenvalue weighted by atomic mass is 10.0. The summed E-state index contributed by atoms with van der Waals surface area (Å²) >= 11 is 0. The van der Waals surface area contributed by atoms with E-state index in [2.05, 4.69) is 15.6 Å². The number of nitrogens with one attached hydrogen (secondary N) is 2. The molecule has 8 heteroatoms. The summed E-state index contributed by atoms with van der Waals surface area (Å²) in [6, 6.07) is 10.9. The van der Waals surface area contributed by atoms with Crippen LogP contribution in [0.2, 0.25) is 0 Å². The molecule has 0 unspecified atom stereocenters. The predicted molar refractivity (Wildman–Crippen MR) is 100 cm³/mol. The van der Waals surface area contributed by atoms with Gasteiger partial charge in [0.15, 0.2) is 0 Å². The molecule has 27 heavy (non-hydrogen) atoms. The number of pyridine rings is 1. The second-order valence-corrected chi connectivity index (χ2v) is 6.45. The van der Waals surface area contributed by atoms with Gasteiger partial charge in [-0.05, 0) is 35.7 Å². The van der Waals surface area contributed by atoms with Crippen molar-refractivity contribution in [1.29, 1.82) is 0 Å². The Morgan fingerprint density at radius 3 is 2.70 bits per heavy atom. The maximum atomic E-state index is 12.1. The van der Waals surface area contributed by atoms with Crippen LogP contribution >= 0.6 is 0 Å². The highest BCUT2D eigenvalue weighted by atomic mass is 16.6. The fourth-order valence-electron chi connectivity index (χ4n) is 3.02. The van der Waals surface area contributed by atoms with Gasteiger partial charge in [0, 0.05) is 19.3 Å². The van der Waals surface area contributed by atoms with Crippen molar-refractivity contribution in [3.8, 4) is 5.75 Å². The van der Waals surface area contributed by atoms with Crippen LogP contribution in [0.4, 0.5) is 10.6 Å². The van der Waals surface area contributed by atoms with Crippen molar-refractivity contribution in [2.75, 3.05) is 19.4 Å². The number of β-amino-alcohol motifs (C(OH)–C–C–N with tert-alkyl or cyclic N) is 1. The molecule has 144 valence electrons. The smallest absolute Gasteiger partial charge is 0.407 e. The first kappa shape index (κ1) is 18.9. The van der Waals surface area contributed by atoms with Crippen LogP contribution in [-0.4, -0.2) is 48.1 Å². The van der Waals surface area contributed by atoms with Gasteiger partial charge in [-0.25, -0.2) is 9.78 Å². The summed E-state index contributed by atoms with van der Waals surface area (Å²) in [7, 11) is 1.62. The summed E-state index contributed by atoms with van der Waals surface area (Å²) in [5.41, 5.74) is 7.40. The van der Waals surface area contributed by atoms with Crippen LogP contribution < -0.4 is 21.1 Å². The van der Waals surface area contributed by atoms with Crippen LogP contribution in [0.25, 0.3) is 0 Å². The minimum atomic E-state index is -0.753. The molecule has 1 aliphatic rings. The molecule has 2 heterocycles. The number of aliphatic hydroxyl groups excluding tert-OH is 1. The third-order valence-electron chi connectivity index (χ3n) is 4.51. The number of hydrogen-bond acceptors (Lipinski definition) is 7. The maximum absolute atomic E-state index is 12.1. The molecule has 0 aliphatic carbocycles. The molecule has 0 saturated carbocycles. The van der Waals surface area contributed by atoms with E-state index in [4.69, 9.17) is 15.2 Å². The Labute approximate surface area is 157 Å². The van der Waals surface area contributed by atoms with Gasteiger partial charge in [0.05, 0.1) is 13.2 Å². The molecule has 1 fully saturated rings. The molecule has 1 aromatic heterocycles. The van der Waals surface area contributed by atoms with Gasteiger partial charge in [-0.3, -0.25) is 0 Å². The van der Waals surface area contributed by atoms with Gasteiger partial charge in [-0.2, -0.15) is 0 Å². The Kier molecular flexibility index (Phi) is 6.10. The highest BCUT2D eigenvalue weighted by molar-refractivity contribution is 5.67. The van der Waals surface area contributed by atoms with Gasteiger partial charge in [0.25, 0.3) is 0 Å². The predicted octanol–water partition coefficient (Wildman–Crippen LogP) is 0.843. The number of aliphatic hydroxyl groups is 1. The first-order valence-electron chi connectivity index (χ1n) is 8.74. The van der Waals surface area contributed by atoms with Crippen LogP contribution in [0.15, 0.2) is 42.6 Å². The molecule has 1 aliphatic heterocycles. The summed E-state index contributed by atoms with van der Waals surface area (Å²) < 4.78 is 10.6. The topological polar surface area (TPSA) is 119 Å². The van der Waals surface area contributed by atoms with Crippen molar-refractivity contribution in [2.24, 2.45) is 0 Å². The van der Waals surface area contributed by atoms with E-state index < -0.39 is 18.3 Å². The van der Waals surface area contributed by atoms with E-state index in [0.29, 0.717) is 18.8 Å². The lowest BCUT2D eigenvalue weighted by molar-refractivity contribution is 0.0188. The molecule has 2 aromatic rings. The summed E-state index contributed by atoms with van der Waals surface area (Å²) in [6.45, 7) is 0.645. The molecule has 1 amide bonds. The monoisotopic (exact) mass is 372 g/mol. The van der Waals surface area contributed by atoms with Crippen LogP contribution in [0.5, 0.6) is 5.75 Å². The van der Waals surface area contributed by atoms with Crippen LogP contribution in [0.3, 0.4) is 0 Å². The minimum Gasteiger partial charge on any atom is -0.497 e. The number of anilines is 1. The Bertz CT molecular complexity index is 751. The van der Waals surface area contributed by atoms with E-state index in [0.717, 1.165) is 16.9 Å². The highest BCUT2D eigenvalue weighted by Gasteiger charge is 2.37. The number of carbonyl (C=O) groups excluding carboxylic acids is 1. The van der Waals surface area contributed by atoms with Crippen LogP contribution in [-0.2, 0) is 17.7 Å². The Balaban J connectivity index is 1.54. The number of hydrogen-bond donors (Lipinski definition) is 4. The average molecular weight is 372 g/mol. The number of aromatic nitrogens is 1. The number of nitrogens with two attached hydrogens (primary N) is 1. The zero-order valence-electron chi connectivity index (χ0n) is 15.1. The van der Waals surface area contributed by atoms with Crippen molar-refractivity contribution in [3.05, 3.63) is 53.7 Å². The van der Waals surface area contributed by atoms with Crippen molar-refractivity contribution in [1.82, 2.24) is 15.6 Å². The molecule has 3 rings (SSSR count). The number of amides is 1. The lowest BCUT2D eigenvalue weighted by Gasteiger charge is -2.22. The van der Waals surface area contributed by atoms with E-state index >= 15 is 0 Å². The average Bonchev–Trinajstić information content (AvgIpc) is 3.01. The largest absolute Gasteiger partial charge is 0.497 e. The molecular formula is C19H24N4O4. The molecule has 5 N–H and O–H groups in total. The number of nitrogens with zero attached hydrogens (tertiary/aromatic N) is 1. The number of rotatable bonds is 6. The molecular weight excluding hydrogens is 348 g/mol. The minimum absolute atomic E-state index is 0.169. The number of nitrogen functional groups attached to an aromatic ring is 1. The normalized spacial score (nSPS) is 21.6. The maximum Gasteiger partial charge on any atom is 0.407 e. The lowest BCUT2D eigenvalue weighted by Crippen LogP contribution is -2.41. The van der Waals surface area contributed by atoms with Crippen LogP contribution in [0.1, 0.15) is 11.1 Å². The third-order valence-corrected chi connectivity index (χ3v) is 4.51. The number of alkyl carbamates (subject to hydrolysis) is 1. The van der Waals surface area contributed by atoms with Gasteiger partial charge in [-0.15, -0.1) is 0 Å². The zero-order valence-corrected chi connectivity index (χ0v) is 15.1. The number of methoxy groups -OCH3 is 1. The summed E-state index contributed by atoms with van der Waals surface area (Å²) in [5.74, 6) is 1.20. The van der Waals surface area contributed by atoms with Crippen molar-refractivity contribution < 1.29 is 19.4 Å². The molecule has 0 spiro atoms. The second kappa shape index (κ2) is 8.70. The summed E-state index contributed by atoms with van der Waals surface area (Å²) in [4.78, 5) is 16.1.